The van der Waals surface area contributed by atoms with E-state index in [1.807, 2.05) is 32.0 Å². The van der Waals surface area contributed by atoms with Crippen LogP contribution in [0.4, 0.5) is 0 Å². The summed E-state index contributed by atoms with van der Waals surface area (Å²) in [5.74, 6) is 0.420. The lowest BCUT2D eigenvalue weighted by molar-refractivity contribution is -0.104. The van der Waals surface area contributed by atoms with Gasteiger partial charge >= 0.3 is 0 Å². The molecule has 1 N–H and O–H groups in total. The van der Waals surface area contributed by atoms with Gasteiger partial charge in [-0.15, -0.1) is 0 Å². The number of hydrogen-bond acceptors (Lipinski definition) is 3. The second kappa shape index (κ2) is 6.51. The van der Waals surface area contributed by atoms with Crippen molar-refractivity contribution in [2.75, 3.05) is 13.2 Å². The Hall–Kier alpha value is -0.900. The van der Waals surface area contributed by atoms with Crippen molar-refractivity contribution in [3.63, 3.8) is 0 Å². The van der Waals surface area contributed by atoms with Gasteiger partial charge < -0.3 is 14.6 Å². The van der Waals surface area contributed by atoms with Crippen LogP contribution >= 0.6 is 0 Å². The Labute approximate surface area is 115 Å². The Bertz CT molecular complexity index is 405. The SMILES string of the molecule is CCOCC(C)OC1CC(C)c2ccccc2C1O. The molecule has 1 aromatic rings. The zero-order chi connectivity index (χ0) is 13.8. The molecular weight excluding hydrogens is 240 g/mol. The van der Waals surface area contributed by atoms with Crippen LogP contribution in [-0.2, 0) is 9.47 Å². The first-order chi connectivity index (χ1) is 9.13. The third-order valence-electron chi connectivity index (χ3n) is 3.75. The van der Waals surface area contributed by atoms with Crippen molar-refractivity contribution in [2.45, 2.75) is 51.4 Å². The Balaban J connectivity index is 2.05. The summed E-state index contributed by atoms with van der Waals surface area (Å²) in [6, 6.07) is 8.10. The second-order valence-corrected chi connectivity index (χ2v) is 5.36. The Kier molecular flexibility index (Phi) is 4.97. The summed E-state index contributed by atoms with van der Waals surface area (Å²) in [5, 5.41) is 10.4. The van der Waals surface area contributed by atoms with E-state index in [9.17, 15) is 5.11 Å². The van der Waals surface area contributed by atoms with E-state index in [1.165, 1.54) is 5.56 Å². The molecule has 1 aliphatic carbocycles. The molecule has 3 heteroatoms. The fraction of sp³-hybridized carbons (Fsp3) is 0.625. The van der Waals surface area contributed by atoms with Gasteiger partial charge in [-0.05, 0) is 37.3 Å². The van der Waals surface area contributed by atoms with E-state index in [4.69, 9.17) is 9.47 Å². The maximum atomic E-state index is 10.4. The summed E-state index contributed by atoms with van der Waals surface area (Å²) >= 11 is 0. The molecule has 0 heterocycles. The molecule has 0 saturated heterocycles. The largest absolute Gasteiger partial charge is 0.386 e. The van der Waals surface area contributed by atoms with E-state index in [2.05, 4.69) is 13.0 Å². The predicted octanol–water partition coefficient (Wildman–Crippen LogP) is 3.04. The molecule has 4 atom stereocenters. The molecule has 1 aliphatic rings. The first-order valence-electron chi connectivity index (χ1n) is 7.13. The summed E-state index contributed by atoms with van der Waals surface area (Å²) in [5.41, 5.74) is 2.25. The molecule has 19 heavy (non-hydrogen) atoms. The van der Waals surface area contributed by atoms with Crippen molar-refractivity contribution in [1.82, 2.24) is 0 Å². The van der Waals surface area contributed by atoms with Crippen LogP contribution in [0.1, 0.15) is 50.3 Å². The number of rotatable bonds is 5. The van der Waals surface area contributed by atoms with E-state index in [1.54, 1.807) is 0 Å². The maximum Gasteiger partial charge on any atom is 0.105 e. The molecule has 0 radical (unpaired) electrons. The highest BCUT2D eigenvalue weighted by molar-refractivity contribution is 5.35. The highest BCUT2D eigenvalue weighted by Crippen LogP contribution is 2.39. The lowest BCUT2D eigenvalue weighted by Crippen LogP contribution is -2.33. The minimum Gasteiger partial charge on any atom is -0.386 e. The van der Waals surface area contributed by atoms with Crippen molar-refractivity contribution in [3.05, 3.63) is 35.4 Å². The van der Waals surface area contributed by atoms with Gasteiger partial charge in [-0.3, -0.25) is 0 Å². The minimum absolute atomic E-state index is 0.0112. The number of aliphatic hydroxyl groups is 1. The predicted molar refractivity (Wildman–Crippen MR) is 75.3 cm³/mol. The zero-order valence-corrected chi connectivity index (χ0v) is 12.0. The standard InChI is InChI=1S/C16H24O3/c1-4-18-10-12(3)19-15-9-11(2)13-7-5-6-8-14(13)16(15)17/h5-8,11-12,15-17H,4,9-10H2,1-3H3. The van der Waals surface area contributed by atoms with Gasteiger partial charge in [-0.2, -0.15) is 0 Å². The number of hydrogen-bond donors (Lipinski definition) is 1. The van der Waals surface area contributed by atoms with Gasteiger partial charge in [0.2, 0.25) is 0 Å². The van der Waals surface area contributed by atoms with Crippen LogP contribution in [0.2, 0.25) is 0 Å². The first-order valence-corrected chi connectivity index (χ1v) is 7.13. The lowest BCUT2D eigenvalue weighted by Gasteiger charge is -2.35. The molecule has 0 aliphatic heterocycles. The number of fused-ring (bicyclic) bond motifs is 1. The highest BCUT2D eigenvalue weighted by atomic mass is 16.5. The minimum atomic E-state index is -0.531. The third kappa shape index (κ3) is 3.35. The summed E-state index contributed by atoms with van der Waals surface area (Å²) in [7, 11) is 0. The van der Waals surface area contributed by atoms with E-state index in [-0.39, 0.29) is 12.2 Å². The van der Waals surface area contributed by atoms with Crippen LogP contribution in [0.5, 0.6) is 0 Å². The molecule has 0 amide bonds. The molecule has 0 aromatic heterocycles. The lowest BCUT2D eigenvalue weighted by atomic mass is 9.80. The van der Waals surface area contributed by atoms with E-state index >= 15 is 0 Å². The quantitative estimate of drug-likeness (QED) is 0.888. The number of benzene rings is 1. The smallest absolute Gasteiger partial charge is 0.105 e. The van der Waals surface area contributed by atoms with Crippen LogP contribution in [0.15, 0.2) is 24.3 Å². The third-order valence-corrected chi connectivity index (χ3v) is 3.75. The topological polar surface area (TPSA) is 38.7 Å². The van der Waals surface area contributed by atoms with Crippen molar-refractivity contribution in [1.29, 1.82) is 0 Å². The summed E-state index contributed by atoms with van der Waals surface area (Å²) in [6.07, 6.45) is 0.197. The molecule has 106 valence electrons. The van der Waals surface area contributed by atoms with Crippen LogP contribution in [0, 0.1) is 0 Å². The molecular formula is C16H24O3. The van der Waals surface area contributed by atoms with E-state index in [0.717, 1.165) is 12.0 Å². The molecule has 0 fully saturated rings. The molecule has 0 bridgehead atoms. The van der Waals surface area contributed by atoms with Crippen LogP contribution in [-0.4, -0.2) is 30.5 Å². The molecule has 0 saturated carbocycles. The summed E-state index contributed by atoms with van der Waals surface area (Å²) < 4.78 is 11.3. The molecule has 1 aromatic carbocycles. The van der Waals surface area contributed by atoms with Gasteiger partial charge in [-0.1, -0.05) is 31.2 Å². The average Bonchev–Trinajstić information content (AvgIpc) is 2.42. The Morgan fingerprint density at radius 1 is 1.32 bits per heavy atom. The molecule has 0 spiro atoms. The van der Waals surface area contributed by atoms with Crippen LogP contribution < -0.4 is 0 Å². The fourth-order valence-corrected chi connectivity index (χ4v) is 2.79. The average molecular weight is 264 g/mol. The molecule has 3 nitrogen and oxygen atoms in total. The number of aliphatic hydroxyl groups excluding tert-OH is 1. The fourth-order valence-electron chi connectivity index (χ4n) is 2.79. The van der Waals surface area contributed by atoms with E-state index in [0.29, 0.717) is 19.1 Å². The normalized spacial score (nSPS) is 27.9. The summed E-state index contributed by atoms with van der Waals surface area (Å²) in [4.78, 5) is 0. The van der Waals surface area contributed by atoms with Gasteiger partial charge in [0.25, 0.3) is 0 Å². The van der Waals surface area contributed by atoms with Gasteiger partial charge in [0.15, 0.2) is 0 Å². The van der Waals surface area contributed by atoms with Crippen molar-refractivity contribution >= 4 is 0 Å². The van der Waals surface area contributed by atoms with Gasteiger partial charge in [0.1, 0.15) is 6.10 Å². The van der Waals surface area contributed by atoms with Gasteiger partial charge in [-0.25, -0.2) is 0 Å². The van der Waals surface area contributed by atoms with E-state index < -0.39 is 6.10 Å². The molecule has 2 rings (SSSR count). The summed E-state index contributed by atoms with van der Waals surface area (Å²) in [6.45, 7) is 7.43. The van der Waals surface area contributed by atoms with Crippen molar-refractivity contribution in [2.24, 2.45) is 0 Å². The number of ether oxygens (including phenoxy) is 2. The van der Waals surface area contributed by atoms with Crippen molar-refractivity contribution in [3.8, 4) is 0 Å². The molecule has 4 unspecified atom stereocenters. The van der Waals surface area contributed by atoms with Crippen molar-refractivity contribution < 1.29 is 14.6 Å². The first kappa shape index (κ1) is 14.5. The highest BCUT2D eigenvalue weighted by Gasteiger charge is 2.33. The monoisotopic (exact) mass is 264 g/mol. The second-order valence-electron chi connectivity index (χ2n) is 5.36. The maximum absolute atomic E-state index is 10.4. The Morgan fingerprint density at radius 3 is 2.68 bits per heavy atom. The van der Waals surface area contributed by atoms with Gasteiger partial charge in [0, 0.05) is 6.61 Å². The zero-order valence-electron chi connectivity index (χ0n) is 12.0. The van der Waals surface area contributed by atoms with Crippen LogP contribution in [0.3, 0.4) is 0 Å². The Morgan fingerprint density at radius 2 is 2.00 bits per heavy atom. The van der Waals surface area contributed by atoms with Crippen LogP contribution in [0.25, 0.3) is 0 Å². The van der Waals surface area contributed by atoms with Gasteiger partial charge in [0.05, 0.1) is 18.8 Å².